The molecule has 2 saturated carbocycles. The minimum Gasteiger partial charge on any atom is -0.377 e. The van der Waals surface area contributed by atoms with Gasteiger partial charge in [-0.05, 0) is 37.8 Å². The van der Waals surface area contributed by atoms with E-state index < -0.39 is 0 Å². The number of ether oxygens (including phenoxy) is 1. The van der Waals surface area contributed by atoms with Gasteiger partial charge in [-0.2, -0.15) is 0 Å². The molecule has 2 heterocycles. The zero-order chi connectivity index (χ0) is 14.7. The predicted octanol–water partition coefficient (Wildman–Crippen LogP) is 2.92. The van der Waals surface area contributed by atoms with E-state index in [1.165, 1.54) is 31.2 Å². The van der Waals surface area contributed by atoms with Gasteiger partial charge in [0.05, 0.1) is 23.7 Å². The number of para-hydroxylation sites is 1. The van der Waals surface area contributed by atoms with Crippen LogP contribution in [0.1, 0.15) is 37.1 Å². The van der Waals surface area contributed by atoms with Gasteiger partial charge in [0.1, 0.15) is 5.82 Å². The van der Waals surface area contributed by atoms with Crippen molar-refractivity contribution in [2.75, 3.05) is 6.61 Å². The van der Waals surface area contributed by atoms with Crippen molar-refractivity contribution in [3.8, 4) is 0 Å². The molecule has 2 aliphatic carbocycles. The highest BCUT2D eigenvalue weighted by atomic mass is 16.5. The van der Waals surface area contributed by atoms with E-state index in [1.807, 2.05) is 0 Å². The highest BCUT2D eigenvalue weighted by Gasteiger charge is 2.66. The Balaban J connectivity index is 1.35. The summed E-state index contributed by atoms with van der Waals surface area (Å²) in [6.45, 7) is 3.92. The number of fused-ring (bicyclic) bond motifs is 3. The van der Waals surface area contributed by atoms with Gasteiger partial charge >= 0.3 is 0 Å². The van der Waals surface area contributed by atoms with Crippen molar-refractivity contribution in [3.63, 3.8) is 0 Å². The van der Waals surface area contributed by atoms with Crippen LogP contribution in [-0.4, -0.2) is 28.7 Å². The number of aromatic nitrogens is 2. The number of aromatic amines is 1. The third-order valence-electron chi connectivity index (χ3n) is 6.29. The van der Waals surface area contributed by atoms with Crippen LogP contribution in [0.15, 0.2) is 18.2 Å². The van der Waals surface area contributed by atoms with Crippen molar-refractivity contribution in [1.82, 2.24) is 15.3 Å². The molecule has 3 atom stereocenters. The van der Waals surface area contributed by atoms with Gasteiger partial charge in [-0.15, -0.1) is 0 Å². The molecule has 3 aliphatic rings. The zero-order valence-electron chi connectivity index (χ0n) is 13.1. The van der Waals surface area contributed by atoms with Gasteiger partial charge in [0, 0.05) is 24.0 Å². The molecular formula is C18H23N3O. The highest BCUT2D eigenvalue weighted by Crippen LogP contribution is 2.62. The fourth-order valence-electron chi connectivity index (χ4n) is 5.08. The molecule has 1 aliphatic heterocycles. The maximum atomic E-state index is 5.99. The minimum absolute atomic E-state index is 0.448. The van der Waals surface area contributed by atoms with Crippen LogP contribution in [0.25, 0.3) is 11.0 Å². The molecule has 22 heavy (non-hydrogen) atoms. The van der Waals surface area contributed by atoms with Gasteiger partial charge in [-0.1, -0.05) is 18.6 Å². The van der Waals surface area contributed by atoms with E-state index in [1.54, 1.807) is 0 Å². The van der Waals surface area contributed by atoms with E-state index in [9.17, 15) is 0 Å². The zero-order valence-corrected chi connectivity index (χ0v) is 13.1. The number of nitrogens with zero attached hydrogens (tertiary/aromatic N) is 1. The van der Waals surface area contributed by atoms with E-state index in [2.05, 4.69) is 35.4 Å². The average molecular weight is 297 g/mol. The average Bonchev–Trinajstić information content (AvgIpc) is 3.04. The monoisotopic (exact) mass is 297 g/mol. The Kier molecular flexibility index (Phi) is 2.71. The van der Waals surface area contributed by atoms with Crippen LogP contribution < -0.4 is 5.32 Å². The summed E-state index contributed by atoms with van der Waals surface area (Å²) in [6, 6.07) is 6.94. The second-order valence-electron chi connectivity index (χ2n) is 7.34. The summed E-state index contributed by atoms with van der Waals surface area (Å²) < 4.78 is 5.99. The third kappa shape index (κ3) is 1.62. The molecule has 0 radical (unpaired) electrons. The lowest BCUT2D eigenvalue weighted by atomic mass is 9.46. The number of benzene rings is 1. The second kappa shape index (κ2) is 4.56. The number of aryl methyl sites for hydroxylation is 1. The first-order chi connectivity index (χ1) is 10.8. The molecule has 2 aromatic rings. The summed E-state index contributed by atoms with van der Waals surface area (Å²) >= 11 is 0. The maximum absolute atomic E-state index is 5.99. The summed E-state index contributed by atoms with van der Waals surface area (Å²) in [5.41, 5.74) is 3.94. The minimum atomic E-state index is 0.448. The number of hydrogen-bond donors (Lipinski definition) is 2. The third-order valence-corrected chi connectivity index (χ3v) is 6.29. The maximum Gasteiger partial charge on any atom is 0.121 e. The smallest absolute Gasteiger partial charge is 0.121 e. The van der Waals surface area contributed by atoms with Gasteiger partial charge < -0.3 is 15.0 Å². The summed E-state index contributed by atoms with van der Waals surface area (Å²) in [4.78, 5) is 8.23. The predicted molar refractivity (Wildman–Crippen MR) is 85.6 cm³/mol. The van der Waals surface area contributed by atoms with Crippen LogP contribution in [0.4, 0.5) is 0 Å². The Morgan fingerprint density at radius 3 is 3.09 bits per heavy atom. The number of rotatable bonds is 3. The van der Waals surface area contributed by atoms with E-state index in [-0.39, 0.29) is 0 Å². The quantitative estimate of drug-likeness (QED) is 0.916. The van der Waals surface area contributed by atoms with Crippen molar-refractivity contribution in [2.45, 2.75) is 51.3 Å². The van der Waals surface area contributed by atoms with Gasteiger partial charge in [0.15, 0.2) is 0 Å². The van der Waals surface area contributed by atoms with Crippen molar-refractivity contribution in [3.05, 3.63) is 29.6 Å². The van der Waals surface area contributed by atoms with Crippen LogP contribution in [0.2, 0.25) is 0 Å². The first-order valence-electron chi connectivity index (χ1n) is 8.57. The number of imidazole rings is 1. The molecule has 3 fully saturated rings. The topological polar surface area (TPSA) is 49.9 Å². The van der Waals surface area contributed by atoms with Gasteiger partial charge in [-0.3, -0.25) is 0 Å². The SMILES string of the molecule is Cc1cccc2[nH]c(CNC3C4CCOC4C34CCC4)nc12. The van der Waals surface area contributed by atoms with Gasteiger partial charge in [-0.25, -0.2) is 4.98 Å². The fraction of sp³-hybridized carbons (Fsp3) is 0.611. The summed E-state index contributed by atoms with van der Waals surface area (Å²) in [5.74, 6) is 1.78. The Hall–Kier alpha value is -1.39. The molecule has 4 heteroatoms. The van der Waals surface area contributed by atoms with Crippen LogP contribution >= 0.6 is 0 Å². The molecular weight excluding hydrogens is 274 g/mol. The highest BCUT2D eigenvalue weighted by molar-refractivity contribution is 5.78. The molecule has 5 rings (SSSR count). The molecule has 2 N–H and O–H groups in total. The Morgan fingerprint density at radius 2 is 2.32 bits per heavy atom. The first-order valence-corrected chi connectivity index (χ1v) is 8.57. The molecule has 1 aromatic heterocycles. The number of H-pyrrole nitrogens is 1. The van der Waals surface area contributed by atoms with Gasteiger partial charge in [0.25, 0.3) is 0 Å². The van der Waals surface area contributed by atoms with Crippen LogP contribution in [0.3, 0.4) is 0 Å². The summed E-state index contributed by atoms with van der Waals surface area (Å²) in [7, 11) is 0. The van der Waals surface area contributed by atoms with Crippen molar-refractivity contribution < 1.29 is 4.74 Å². The summed E-state index contributed by atoms with van der Waals surface area (Å²) in [5, 5.41) is 3.81. The number of hydrogen-bond acceptors (Lipinski definition) is 3. The molecule has 0 amide bonds. The second-order valence-corrected chi connectivity index (χ2v) is 7.34. The molecule has 1 saturated heterocycles. The van der Waals surface area contributed by atoms with E-state index in [4.69, 9.17) is 9.72 Å². The van der Waals surface area contributed by atoms with E-state index in [0.717, 1.165) is 35.9 Å². The fourth-order valence-corrected chi connectivity index (χ4v) is 5.08. The van der Waals surface area contributed by atoms with Crippen molar-refractivity contribution in [1.29, 1.82) is 0 Å². The Morgan fingerprint density at radius 1 is 1.41 bits per heavy atom. The standard InChI is InChI=1S/C18H23N3O/c1-11-4-2-5-13-15(11)21-14(20-13)10-19-16-12-6-9-22-17(12)18(16)7-3-8-18/h2,4-5,12,16-17,19H,3,6-10H2,1H3,(H,20,21). The van der Waals surface area contributed by atoms with Gasteiger partial charge in [0.2, 0.25) is 0 Å². The first kappa shape index (κ1) is 13.1. The lowest BCUT2D eigenvalue weighted by Crippen LogP contribution is -2.70. The normalized spacial score (nSPS) is 32.0. The van der Waals surface area contributed by atoms with Crippen LogP contribution in [0, 0.1) is 18.3 Å². The molecule has 4 nitrogen and oxygen atoms in total. The molecule has 0 bridgehead atoms. The van der Waals surface area contributed by atoms with Crippen LogP contribution in [0.5, 0.6) is 0 Å². The lowest BCUT2D eigenvalue weighted by Gasteiger charge is -2.63. The lowest BCUT2D eigenvalue weighted by molar-refractivity contribution is -0.176. The Labute approximate surface area is 130 Å². The van der Waals surface area contributed by atoms with E-state index >= 15 is 0 Å². The van der Waals surface area contributed by atoms with Crippen molar-refractivity contribution in [2.24, 2.45) is 11.3 Å². The Bertz CT molecular complexity index is 718. The van der Waals surface area contributed by atoms with E-state index in [0.29, 0.717) is 17.6 Å². The molecule has 3 unspecified atom stereocenters. The summed E-state index contributed by atoms with van der Waals surface area (Å²) in [6.07, 6.45) is 5.81. The number of nitrogens with one attached hydrogen (secondary N) is 2. The van der Waals surface area contributed by atoms with Crippen molar-refractivity contribution >= 4 is 11.0 Å². The molecule has 116 valence electrons. The molecule has 1 spiro atoms. The van der Waals surface area contributed by atoms with Crippen LogP contribution in [-0.2, 0) is 11.3 Å². The molecule has 1 aromatic carbocycles. The largest absolute Gasteiger partial charge is 0.377 e.